The molecule has 1 rings (SSSR count). The van der Waals surface area contributed by atoms with Crippen molar-refractivity contribution in [3.8, 4) is 0 Å². The number of nitrogen functional groups attached to an aromatic ring is 1. The molecule has 17 heavy (non-hydrogen) atoms. The van der Waals surface area contributed by atoms with Gasteiger partial charge in [0, 0.05) is 10.6 Å². The van der Waals surface area contributed by atoms with E-state index in [-0.39, 0.29) is 5.97 Å². The molecule has 0 spiro atoms. The number of hydrogen-bond donors (Lipinski definition) is 2. The van der Waals surface area contributed by atoms with Gasteiger partial charge in [0.15, 0.2) is 0 Å². The number of anilines is 1. The zero-order valence-electron chi connectivity index (χ0n) is 9.43. The van der Waals surface area contributed by atoms with Crippen LogP contribution in [0.2, 0.25) is 0 Å². The van der Waals surface area contributed by atoms with E-state index in [0.717, 1.165) is 4.90 Å². The van der Waals surface area contributed by atoms with Gasteiger partial charge < -0.3 is 16.2 Å². The van der Waals surface area contributed by atoms with Crippen LogP contribution < -0.4 is 11.5 Å². The monoisotopic (exact) mass is 254 g/mol. The summed E-state index contributed by atoms with van der Waals surface area (Å²) >= 11 is 1.39. The fraction of sp³-hybridized carbons (Fsp3) is 0.273. The first-order valence-electron chi connectivity index (χ1n) is 4.94. The van der Waals surface area contributed by atoms with E-state index in [4.69, 9.17) is 11.5 Å². The molecule has 1 aromatic rings. The summed E-state index contributed by atoms with van der Waals surface area (Å²) in [4.78, 5) is 22.7. The molecule has 0 fully saturated rings. The maximum atomic E-state index is 11.1. The van der Waals surface area contributed by atoms with E-state index in [1.807, 2.05) is 0 Å². The van der Waals surface area contributed by atoms with Gasteiger partial charge >= 0.3 is 5.97 Å². The van der Waals surface area contributed by atoms with Crippen LogP contribution in [0.1, 0.15) is 16.8 Å². The van der Waals surface area contributed by atoms with Gasteiger partial charge in [0.05, 0.1) is 24.8 Å². The summed E-state index contributed by atoms with van der Waals surface area (Å²) in [7, 11) is 1.34. The fourth-order valence-electron chi connectivity index (χ4n) is 1.23. The van der Waals surface area contributed by atoms with Crippen LogP contribution in [0.25, 0.3) is 0 Å². The molecule has 0 aliphatic carbocycles. The Labute approximate surface area is 103 Å². The number of primary amides is 1. The van der Waals surface area contributed by atoms with E-state index in [1.54, 1.807) is 18.2 Å². The zero-order valence-corrected chi connectivity index (χ0v) is 10.3. The van der Waals surface area contributed by atoms with Crippen LogP contribution in [0.4, 0.5) is 5.69 Å². The summed E-state index contributed by atoms with van der Waals surface area (Å²) < 4.78 is 4.52. The molecule has 0 unspecified atom stereocenters. The maximum Gasteiger partial charge on any atom is 0.306 e. The molecule has 0 saturated carbocycles. The second-order valence-corrected chi connectivity index (χ2v) is 4.39. The van der Waals surface area contributed by atoms with Crippen molar-refractivity contribution in [2.45, 2.75) is 11.3 Å². The Hall–Kier alpha value is -1.69. The zero-order chi connectivity index (χ0) is 12.8. The predicted molar refractivity (Wildman–Crippen MR) is 66.7 cm³/mol. The number of hydrogen-bond acceptors (Lipinski definition) is 5. The molecule has 0 bridgehead atoms. The van der Waals surface area contributed by atoms with Crippen molar-refractivity contribution < 1.29 is 14.3 Å². The minimum Gasteiger partial charge on any atom is -0.469 e. The minimum absolute atomic E-state index is 0.276. The highest BCUT2D eigenvalue weighted by Crippen LogP contribution is 2.28. The van der Waals surface area contributed by atoms with Gasteiger partial charge in [0.25, 0.3) is 5.91 Å². The predicted octanol–water partition coefficient (Wildman–Crippen LogP) is 1.02. The lowest BCUT2D eigenvalue weighted by Crippen LogP contribution is -2.13. The number of rotatable bonds is 5. The lowest BCUT2D eigenvalue weighted by molar-refractivity contribution is -0.140. The number of amides is 1. The Morgan fingerprint density at radius 3 is 2.71 bits per heavy atom. The van der Waals surface area contributed by atoms with Crippen LogP contribution in [-0.2, 0) is 9.53 Å². The van der Waals surface area contributed by atoms with E-state index in [9.17, 15) is 9.59 Å². The Kier molecular flexibility index (Phi) is 4.84. The molecule has 0 atom stereocenters. The summed E-state index contributed by atoms with van der Waals surface area (Å²) in [6.07, 6.45) is 0.293. The summed E-state index contributed by atoms with van der Waals surface area (Å²) in [6.45, 7) is 0. The van der Waals surface area contributed by atoms with E-state index in [2.05, 4.69) is 4.74 Å². The Morgan fingerprint density at radius 2 is 2.12 bits per heavy atom. The summed E-state index contributed by atoms with van der Waals surface area (Å²) in [5.41, 5.74) is 11.6. The van der Waals surface area contributed by atoms with Gasteiger partial charge in [-0.3, -0.25) is 9.59 Å². The molecule has 0 radical (unpaired) electrons. The third kappa shape index (κ3) is 3.67. The first-order valence-corrected chi connectivity index (χ1v) is 5.92. The van der Waals surface area contributed by atoms with Crippen molar-refractivity contribution >= 4 is 29.3 Å². The number of methoxy groups -OCH3 is 1. The van der Waals surface area contributed by atoms with Crippen LogP contribution in [-0.4, -0.2) is 24.7 Å². The molecule has 0 aromatic heterocycles. The summed E-state index contributed by atoms with van der Waals surface area (Å²) in [5.74, 6) is -0.293. The van der Waals surface area contributed by atoms with Crippen molar-refractivity contribution in [1.82, 2.24) is 0 Å². The van der Waals surface area contributed by atoms with Gasteiger partial charge in [-0.15, -0.1) is 11.8 Å². The van der Waals surface area contributed by atoms with Crippen molar-refractivity contribution in [2.24, 2.45) is 5.73 Å². The molecule has 0 aliphatic rings. The third-order valence-corrected chi connectivity index (χ3v) is 3.20. The van der Waals surface area contributed by atoms with Gasteiger partial charge in [-0.1, -0.05) is 6.07 Å². The first kappa shape index (κ1) is 13.4. The number of esters is 1. The average molecular weight is 254 g/mol. The molecule has 92 valence electrons. The lowest BCUT2D eigenvalue weighted by Gasteiger charge is -2.07. The number of thioether (sulfide) groups is 1. The number of carbonyl (C=O) groups is 2. The van der Waals surface area contributed by atoms with Gasteiger partial charge in [0.2, 0.25) is 0 Å². The van der Waals surface area contributed by atoms with Crippen molar-refractivity contribution in [3.05, 3.63) is 23.8 Å². The molecular formula is C11H14N2O3S. The molecule has 5 nitrogen and oxygen atoms in total. The van der Waals surface area contributed by atoms with E-state index in [1.165, 1.54) is 18.9 Å². The van der Waals surface area contributed by atoms with Crippen LogP contribution in [0.5, 0.6) is 0 Å². The standard InChI is InChI=1S/C11H14N2O3S/c1-16-9(14)5-6-17-8-4-2-3-7(10(8)12)11(13)15/h2-4H,5-6,12H2,1H3,(H2,13,15). The highest BCUT2D eigenvalue weighted by Gasteiger charge is 2.10. The molecule has 4 N–H and O–H groups in total. The largest absolute Gasteiger partial charge is 0.469 e. The van der Waals surface area contributed by atoms with Crippen LogP contribution in [0.3, 0.4) is 0 Å². The Balaban J connectivity index is 2.69. The highest BCUT2D eigenvalue weighted by molar-refractivity contribution is 7.99. The molecule has 0 heterocycles. The smallest absolute Gasteiger partial charge is 0.306 e. The normalized spacial score (nSPS) is 9.94. The maximum absolute atomic E-state index is 11.1. The van der Waals surface area contributed by atoms with Crippen LogP contribution in [0.15, 0.2) is 23.1 Å². The van der Waals surface area contributed by atoms with Gasteiger partial charge in [-0.25, -0.2) is 0 Å². The third-order valence-electron chi connectivity index (χ3n) is 2.12. The fourth-order valence-corrected chi connectivity index (χ4v) is 2.16. The van der Waals surface area contributed by atoms with Crippen molar-refractivity contribution in [3.63, 3.8) is 0 Å². The van der Waals surface area contributed by atoms with Crippen molar-refractivity contribution in [2.75, 3.05) is 18.6 Å². The second kappa shape index (κ2) is 6.15. The van der Waals surface area contributed by atoms with Gasteiger partial charge in [-0.2, -0.15) is 0 Å². The molecule has 1 aromatic carbocycles. The second-order valence-electron chi connectivity index (χ2n) is 3.26. The van der Waals surface area contributed by atoms with Crippen LogP contribution >= 0.6 is 11.8 Å². The topological polar surface area (TPSA) is 95.4 Å². The summed E-state index contributed by atoms with van der Waals surface area (Å²) in [5, 5.41) is 0. The van der Waals surface area contributed by atoms with Gasteiger partial charge in [0.1, 0.15) is 0 Å². The van der Waals surface area contributed by atoms with E-state index in [0.29, 0.717) is 23.4 Å². The number of para-hydroxylation sites is 1. The average Bonchev–Trinajstić information content (AvgIpc) is 2.30. The van der Waals surface area contributed by atoms with Gasteiger partial charge in [-0.05, 0) is 12.1 Å². The quantitative estimate of drug-likeness (QED) is 0.464. The molecule has 6 heteroatoms. The van der Waals surface area contributed by atoms with E-state index < -0.39 is 5.91 Å². The molecular weight excluding hydrogens is 240 g/mol. The molecule has 1 amide bonds. The highest BCUT2D eigenvalue weighted by atomic mass is 32.2. The first-order chi connectivity index (χ1) is 8.06. The Morgan fingerprint density at radius 1 is 1.41 bits per heavy atom. The summed E-state index contributed by atoms with van der Waals surface area (Å²) in [6, 6.07) is 5.06. The minimum atomic E-state index is -0.557. The lowest BCUT2D eigenvalue weighted by atomic mass is 10.2. The number of nitrogens with two attached hydrogens (primary N) is 2. The number of benzene rings is 1. The SMILES string of the molecule is COC(=O)CCSc1cccc(C(N)=O)c1N. The number of ether oxygens (including phenoxy) is 1. The van der Waals surface area contributed by atoms with Crippen molar-refractivity contribution in [1.29, 1.82) is 0 Å². The number of carbonyl (C=O) groups excluding carboxylic acids is 2. The van der Waals surface area contributed by atoms with E-state index >= 15 is 0 Å². The van der Waals surface area contributed by atoms with Crippen LogP contribution in [0, 0.1) is 0 Å². The molecule has 0 saturated heterocycles. The Bertz CT molecular complexity index is 435. The molecule has 0 aliphatic heterocycles.